The summed E-state index contributed by atoms with van der Waals surface area (Å²) in [5.41, 5.74) is 3.84. The van der Waals surface area contributed by atoms with Crippen molar-refractivity contribution < 1.29 is 4.74 Å². The van der Waals surface area contributed by atoms with Gasteiger partial charge in [0, 0.05) is 16.5 Å². The van der Waals surface area contributed by atoms with Gasteiger partial charge in [0.2, 0.25) is 0 Å². The molecule has 110 valence electrons. The van der Waals surface area contributed by atoms with Gasteiger partial charge in [-0.3, -0.25) is 0 Å². The van der Waals surface area contributed by atoms with Crippen LogP contribution in [0.15, 0.2) is 46.9 Å². The summed E-state index contributed by atoms with van der Waals surface area (Å²) in [4.78, 5) is 0. The number of hydrogen-bond donors (Lipinski definition) is 1. The molecule has 0 spiro atoms. The highest BCUT2D eigenvalue weighted by molar-refractivity contribution is 9.10. The molecule has 1 aliphatic rings. The van der Waals surface area contributed by atoms with E-state index in [2.05, 4.69) is 70.6 Å². The number of benzene rings is 2. The van der Waals surface area contributed by atoms with Crippen LogP contribution >= 0.6 is 15.9 Å². The van der Waals surface area contributed by atoms with Crippen molar-refractivity contribution in [2.45, 2.75) is 25.8 Å². The molecule has 0 saturated carbocycles. The number of para-hydroxylation sites is 1. The highest BCUT2D eigenvalue weighted by atomic mass is 79.9. The number of ether oxygens (including phenoxy) is 1. The van der Waals surface area contributed by atoms with Gasteiger partial charge in [0.05, 0.1) is 12.6 Å². The SMILES string of the molecule is CCCNC(c1cccc(Br)c1)c1cccc2c1OCC2. The van der Waals surface area contributed by atoms with Gasteiger partial charge in [-0.1, -0.05) is 53.2 Å². The average molecular weight is 346 g/mol. The Hall–Kier alpha value is -1.32. The van der Waals surface area contributed by atoms with Crippen molar-refractivity contribution >= 4 is 15.9 Å². The lowest BCUT2D eigenvalue weighted by Gasteiger charge is -2.22. The molecule has 0 radical (unpaired) electrons. The van der Waals surface area contributed by atoms with E-state index in [1.54, 1.807) is 0 Å². The first kappa shape index (κ1) is 14.6. The topological polar surface area (TPSA) is 21.3 Å². The van der Waals surface area contributed by atoms with Crippen LogP contribution in [-0.2, 0) is 6.42 Å². The van der Waals surface area contributed by atoms with Crippen LogP contribution < -0.4 is 10.1 Å². The first-order chi connectivity index (χ1) is 10.3. The van der Waals surface area contributed by atoms with E-state index in [0.717, 1.165) is 36.2 Å². The molecule has 0 fully saturated rings. The Morgan fingerprint density at radius 3 is 2.90 bits per heavy atom. The molecule has 2 nitrogen and oxygen atoms in total. The Labute approximate surface area is 134 Å². The van der Waals surface area contributed by atoms with Crippen molar-refractivity contribution in [3.63, 3.8) is 0 Å². The Bertz CT molecular complexity index is 626. The van der Waals surface area contributed by atoms with Gasteiger partial charge in [0.1, 0.15) is 5.75 Å². The van der Waals surface area contributed by atoms with E-state index in [-0.39, 0.29) is 6.04 Å². The first-order valence-corrected chi connectivity index (χ1v) is 8.32. The van der Waals surface area contributed by atoms with Gasteiger partial charge in [-0.15, -0.1) is 0 Å². The van der Waals surface area contributed by atoms with Crippen LogP contribution in [0.3, 0.4) is 0 Å². The van der Waals surface area contributed by atoms with Crippen LogP contribution in [0.1, 0.15) is 36.1 Å². The lowest BCUT2D eigenvalue weighted by Crippen LogP contribution is -2.23. The molecule has 3 heteroatoms. The van der Waals surface area contributed by atoms with Gasteiger partial charge in [-0.05, 0) is 36.2 Å². The lowest BCUT2D eigenvalue weighted by molar-refractivity contribution is 0.350. The maximum absolute atomic E-state index is 5.89. The summed E-state index contributed by atoms with van der Waals surface area (Å²) in [6.45, 7) is 3.98. The highest BCUT2D eigenvalue weighted by Crippen LogP contribution is 2.36. The molecule has 21 heavy (non-hydrogen) atoms. The van der Waals surface area contributed by atoms with E-state index in [1.807, 2.05) is 0 Å². The summed E-state index contributed by atoms with van der Waals surface area (Å²) in [7, 11) is 0. The number of halogens is 1. The minimum Gasteiger partial charge on any atom is -0.493 e. The van der Waals surface area contributed by atoms with E-state index in [9.17, 15) is 0 Å². The largest absolute Gasteiger partial charge is 0.493 e. The summed E-state index contributed by atoms with van der Waals surface area (Å²) in [6, 6.07) is 15.2. The molecule has 1 aliphatic heterocycles. The van der Waals surface area contributed by atoms with Crippen LogP contribution in [0, 0.1) is 0 Å². The van der Waals surface area contributed by atoms with Crippen molar-refractivity contribution in [1.29, 1.82) is 0 Å². The molecule has 2 aromatic rings. The first-order valence-electron chi connectivity index (χ1n) is 7.53. The van der Waals surface area contributed by atoms with Gasteiger partial charge in [-0.2, -0.15) is 0 Å². The standard InChI is InChI=1S/C18H20BrNO/c1-2-10-20-17(14-6-3-7-15(19)12-14)16-8-4-5-13-9-11-21-18(13)16/h3-8,12,17,20H,2,9-11H2,1H3. The third-order valence-electron chi connectivity index (χ3n) is 3.84. The van der Waals surface area contributed by atoms with E-state index in [4.69, 9.17) is 4.74 Å². The summed E-state index contributed by atoms with van der Waals surface area (Å²) in [6.07, 6.45) is 2.13. The van der Waals surface area contributed by atoms with Crippen molar-refractivity contribution in [2.75, 3.05) is 13.2 Å². The molecular weight excluding hydrogens is 326 g/mol. The molecule has 2 aromatic carbocycles. The average Bonchev–Trinajstić information content (AvgIpc) is 2.97. The van der Waals surface area contributed by atoms with Gasteiger partial charge >= 0.3 is 0 Å². The van der Waals surface area contributed by atoms with E-state index in [0.29, 0.717) is 0 Å². The normalized spacial score (nSPS) is 14.6. The Balaban J connectivity index is 2.02. The van der Waals surface area contributed by atoms with Gasteiger partial charge < -0.3 is 10.1 Å². The minimum absolute atomic E-state index is 0.176. The fraction of sp³-hybridized carbons (Fsp3) is 0.333. The molecular formula is C18H20BrNO. The maximum Gasteiger partial charge on any atom is 0.127 e. The number of rotatable bonds is 5. The maximum atomic E-state index is 5.89. The minimum atomic E-state index is 0.176. The molecule has 0 bridgehead atoms. The van der Waals surface area contributed by atoms with E-state index < -0.39 is 0 Å². The number of hydrogen-bond acceptors (Lipinski definition) is 2. The number of fused-ring (bicyclic) bond motifs is 1. The molecule has 3 rings (SSSR count). The Morgan fingerprint density at radius 2 is 2.10 bits per heavy atom. The monoisotopic (exact) mass is 345 g/mol. The molecule has 0 aliphatic carbocycles. The Kier molecular flexibility index (Phi) is 4.61. The Morgan fingerprint density at radius 1 is 1.24 bits per heavy atom. The second kappa shape index (κ2) is 6.63. The zero-order valence-corrected chi connectivity index (χ0v) is 13.8. The summed E-state index contributed by atoms with van der Waals surface area (Å²) < 4.78 is 7.00. The molecule has 1 atom stereocenters. The summed E-state index contributed by atoms with van der Waals surface area (Å²) >= 11 is 3.57. The smallest absolute Gasteiger partial charge is 0.127 e. The van der Waals surface area contributed by atoms with E-state index >= 15 is 0 Å². The second-order valence-electron chi connectivity index (χ2n) is 5.38. The molecule has 1 heterocycles. The highest BCUT2D eigenvalue weighted by Gasteiger charge is 2.23. The van der Waals surface area contributed by atoms with E-state index in [1.165, 1.54) is 16.7 Å². The fourth-order valence-electron chi connectivity index (χ4n) is 2.85. The van der Waals surface area contributed by atoms with Crippen LogP contribution in [0.5, 0.6) is 5.75 Å². The fourth-order valence-corrected chi connectivity index (χ4v) is 3.27. The molecule has 1 unspecified atom stereocenters. The second-order valence-corrected chi connectivity index (χ2v) is 6.29. The van der Waals surface area contributed by atoms with Crippen molar-refractivity contribution in [1.82, 2.24) is 5.32 Å². The van der Waals surface area contributed by atoms with Crippen molar-refractivity contribution in [3.05, 3.63) is 63.6 Å². The summed E-state index contributed by atoms with van der Waals surface area (Å²) in [5, 5.41) is 3.66. The predicted octanol–water partition coefficient (Wildman–Crippen LogP) is 4.47. The van der Waals surface area contributed by atoms with Crippen LogP contribution in [0.2, 0.25) is 0 Å². The van der Waals surface area contributed by atoms with Crippen LogP contribution in [0.25, 0.3) is 0 Å². The number of nitrogens with one attached hydrogen (secondary N) is 1. The predicted molar refractivity (Wildman–Crippen MR) is 89.9 cm³/mol. The van der Waals surface area contributed by atoms with Gasteiger partial charge in [-0.25, -0.2) is 0 Å². The van der Waals surface area contributed by atoms with Crippen LogP contribution in [0.4, 0.5) is 0 Å². The van der Waals surface area contributed by atoms with Crippen LogP contribution in [-0.4, -0.2) is 13.2 Å². The zero-order chi connectivity index (χ0) is 14.7. The third kappa shape index (κ3) is 3.14. The zero-order valence-electron chi connectivity index (χ0n) is 12.2. The van der Waals surface area contributed by atoms with Crippen molar-refractivity contribution in [3.8, 4) is 5.75 Å². The van der Waals surface area contributed by atoms with Crippen molar-refractivity contribution in [2.24, 2.45) is 0 Å². The quantitative estimate of drug-likeness (QED) is 0.862. The molecule has 0 saturated heterocycles. The molecule has 0 aromatic heterocycles. The van der Waals surface area contributed by atoms with Gasteiger partial charge in [0.25, 0.3) is 0 Å². The lowest BCUT2D eigenvalue weighted by atomic mass is 9.95. The van der Waals surface area contributed by atoms with Gasteiger partial charge in [0.15, 0.2) is 0 Å². The third-order valence-corrected chi connectivity index (χ3v) is 4.33. The summed E-state index contributed by atoms with van der Waals surface area (Å²) in [5.74, 6) is 1.08. The molecule has 0 amide bonds. The molecule has 1 N–H and O–H groups in total.